The smallest absolute Gasteiger partial charge is 0.253 e. The van der Waals surface area contributed by atoms with Crippen molar-refractivity contribution in [3.05, 3.63) is 48.0 Å². The van der Waals surface area contributed by atoms with Gasteiger partial charge in [-0.15, -0.1) is 0 Å². The molecule has 0 fully saturated rings. The molecule has 3 heterocycles. The summed E-state index contributed by atoms with van der Waals surface area (Å²) < 4.78 is 1.64. The van der Waals surface area contributed by atoms with Gasteiger partial charge < -0.3 is 16.2 Å². The molecule has 1 atom stereocenters. The molecule has 3 aromatic heterocycles. The summed E-state index contributed by atoms with van der Waals surface area (Å²) in [6, 6.07) is 5.41. The quantitative estimate of drug-likeness (QED) is 0.630. The second kappa shape index (κ2) is 7.55. The van der Waals surface area contributed by atoms with Gasteiger partial charge in [-0.3, -0.25) is 14.5 Å². The standard InChI is InChI=1S/C19H22N6O2/c1-11-4-5-13(8-21-11)16-6-15(19(27)22-7-12(2)26)17(20)18(24-16)14-9-23-25(3)10-14/h4-6,8-10,12,26H,7,20H2,1-3H3,(H,22,27)/t12-/m1/s1. The zero-order valence-corrected chi connectivity index (χ0v) is 15.5. The van der Waals surface area contributed by atoms with Gasteiger partial charge in [0.2, 0.25) is 0 Å². The third-order valence-electron chi connectivity index (χ3n) is 4.05. The Kier molecular flexibility index (Phi) is 5.18. The van der Waals surface area contributed by atoms with Gasteiger partial charge in [0.1, 0.15) is 0 Å². The summed E-state index contributed by atoms with van der Waals surface area (Å²) in [5.74, 6) is -0.373. The van der Waals surface area contributed by atoms with E-state index in [9.17, 15) is 9.90 Å². The Morgan fingerprint density at radius 3 is 2.70 bits per heavy atom. The molecular weight excluding hydrogens is 344 g/mol. The van der Waals surface area contributed by atoms with Crippen molar-refractivity contribution in [1.29, 1.82) is 0 Å². The highest BCUT2D eigenvalue weighted by Crippen LogP contribution is 2.30. The van der Waals surface area contributed by atoms with E-state index in [4.69, 9.17) is 5.73 Å². The number of aliphatic hydroxyl groups is 1. The summed E-state index contributed by atoms with van der Waals surface area (Å²) in [5, 5.41) is 16.3. The van der Waals surface area contributed by atoms with Crippen LogP contribution in [0.15, 0.2) is 36.8 Å². The average Bonchev–Trinajstić information content (AvgIpc) is 3.06. The van der Waals surface area contributed by atoms with Crippen molar-refractivity contribution in [3.63, 3.8) is 0 Å². The molecule has 0 unspecified atom stereocenters. The van der Waals surface area contributed by atoms with Crippen molar-refractivity contribution in [1.82, 2.24) is 25.1 Å². The van der Waals surface area contributed by atoms with E-state index < -0.39 is 6.10 Å². The van der Waals surface area contributed by atoms with Crippen molar-refractivity contribution >= 4 is 11.6 Å². The highest BCUT2D eigenvalue weighted by atomic mass is 16.3. The van der Waals surface area contributed by atoms with Gasteiger partial charge in [0, 0.05) is 42.8 Å². The Morgan fingerprint density at radius 1 is 1.33 bits per heavy atom. The van der Waals surface area contributed by atoms with Crippen LogP contribution in [0.5, 0.6) is 0 Å². The molecule has 4 N–H and O–H groups in total. The molecule has 0 aliphatic rings. The van der Waals surface area contributed by atoms with Crippen molar-refractivity contribution < 1.29 is 9.90 Å². The van der Waals surface area contributed by atoms with Gasteiger partial charge in [-0.25, -0.2) is 4.98 Å². The van der Waals surface area contributed by atoms with Crippen LogP contribution in [-0.4, -0.2) is 43.4 Å². The second-order valence-corrected chi connectivity index (χ2v) is 6.47. The predicted molar refractivity (Wildman–Crippen MR) is 103 cm³/mol. The van der Waals surface area contributed by atoms with Crippen LogP contribution in [-0.2, 0) is 7.05 Å². The Morgan fingerprint density at radius 2 is 2.11 bits per heavy atom. The molecule has 0 radical (unpaired) electrons. The fourth-order valence-electron chi connectivity index (χ4n) is 2.61. The van der Waals surface area contributed by atoms with Crippen molar-refractivity contribution in [3.8, 4) is 22.5 Å². The van der Waals surface area contributed by atoms with Gasteiger partial charge in [0.05, 0.1) is 34.9 Å². The predicted octanol–water partition coefficient (Wildman–Crippen LogP) is 1.55. The van der Waals surface area contributed by atoms with Gasteiger partial charge in [-0.1, -0.05) is 0 Å². The minimum atomic E-state index is -0.657. The summed E-state index contributed by atoms with van der Waals surface area (Å²) in [7, 11) is 1.80. The van der Waals surface area contributed by atoms with Crippen LogP contribution in [0.25, 0.3) is 22.5 Å². The number of aliphatic hydroxyl groups excluding tert-OH is 1. The van der Waals surface area contributed by atoms with Gasteiger partial charge in [0.25, 0.3) is 5.91 Å². The van der Waals surface area contributed by atoms with Crippen LogP contribution in [0.4, 0.5) is 5.69 Å². The number of nitrogens with two attached hydrogens (primary N) is 1. The van der Waals surface area contributed by atoms with Gasteiger partial charge in [-0.05, 0) is 32.0 Å². The zero-order valence-electron chi connectivity index (χ0n) is 15.5. The number of hydrogen-bond acceptors (Lipinski definition) is 6. The van der Waals surface area contributed by atoms with Crippen LogP contribution < -0.4 is 11.1 Å². The number of hydrogen-bond donors (Lipinski definition) is 3. The Labute approximate surface area is 157 Å². The molecule has 8 heteroatoms. The minimum absolute atomic E-state index is 0.129. The topological polar surface area (TPSA) is 119 Å². The maximum Gasteiger partial charge on any atom is 0.253 e. The van der Waals surface area contributed by atoms with Crippen LogP contribution in [0.2, 0.25) is 0 Å². The van der Waals surface area contributed by atoms with E-state index in [0.29, 0.717) is 22.5 Å². The first-order valence-corrected chi connectivity index (χ1v) is 8.54. The molecule has 27 heavy (non-hydrogen) atoms. The highest BCUT2D eigenvalue weighted by molar-refractivity contribution is 6.03. The van der Waals surface area contributed by atoms with E-state index >= 15 is 0 Å². The monoisotopic (exact) mass is 366 g/mol. The van der Waals surface area contributed by atoms with E-state index in [-0.39, 0.29) is 18.1 Å². The van der Waals surface area contributed by atoms with Crippen LogP contribution in [0.1, 0.15) is 23.0 Å². The number of carbonyl (C=O) groups is 1. The number of rotatable bonds is 5. The van der Waals surface area contributed by atoms with Gasteiger partial charge >= 0.3 is 0 Å². The number of nitrogens with one attached hydrogen (secondary N) is 1. The molecule has 0 aliphatic heterocycles. The Bertz CT molecular complexity index is 963. The molecule has 0 aromatic carbocycles. The minimum Gasteiger partial charge on any atom is -0.396 e. The SMILES string of the molecule is Cc1ccc(-c2cc(C(=O)NC[C@@H](C)O)c(N)c(-c3cnn(C)c3)n2)cn1. The summed E-state index contributed by atoms with van der Waals surface area (Å²) in [6.45, 7) is 3.63. The van der Waals surface area contributed by atoms with E-state index in [1.54, 1.807) is 43.3 Å². The summed E-state index contributed by atoms with van der Waals surface area (Å²) in [6.07, 6.45) is 4.48. The van der Waals surface area contributed by atoms with Crippen molar-refractivity contribution in [2.45, 2.75) is 20.0 Å². The molecule has 3 rings (SSSR count). The molecule has 3 aromatic rings. The molecular formula is C19H22N6O2. The summed E-state index contributed by atoms with van der Waals surface area (Å²) in [4.78, 5) is 21.6. The number of anilines is 1. The average molecular weight is 366 g/mol. The number of aromatic nitrogens is 4. The number of nitrogen functional groups attached to an aromatic ring is 1. The molecule has 0 aliphatic carbocycles. The molecule has 0 saturated carbocycles. The lowest BCUT2D eigenvalue weighted by Gasteiger charge is -2.13. The summed E-state index contributed by atoms with van der Waals surface area (Å²) in [5.41, 5.74) is 10.2. The second-order valence-electron chi connectivity index (χ2n) is 6.47. The number of aryl methyl sites for hydroxylation is 2. The van der Waals surface area contributed by atoms with Crippen molar-refractivity contribution in [2.24, 2.45) is 7.05 Å². The first-order valence-electron chi connectivity index (χ1n) is 8.54. The molecule has 1 amide bonds. The maximum absolute atomic E-state index is 12.6. The maximum atomic E-state index is 12.6. The largest absolute Gasteiger partial charge is 0.396 e. The van der Waals surface area contributed by atoms with Crippen molar-refractivity contribution in [2.75, 3.05) is 12.3 Å². The number of pyridine rings is 2. The molecule has 140 valence electrons. The third-order valence-corrected chi connectivity index (χ3v) is 4.05. The fraction of sp³-hybridized carbons (Fsp3) is 0.263. The Hall–Kier alpha value is -3.26. The van der Waals surface area contributed by atoms with E-state index in [2.05, 4.69) is 20.4 Å². The van der Waals surface area contributed by atoms with Gasteiger partial charge in [0.15, 0.2) is 0 Å². The number of amides is 1. The number of nitrogens with zero attached hydrogens (tertiary/aromatic N) is 4. The lowest BCUT2D eigenvalue weighted by molar-refractivity contribution is 0.0925. The molecule has 0 bridgehead atoms. The first kappa shape index (κ1) is 18.5. The lowest BCUT2D eigenvalue weighted by Crippen LogP contribution is -2.31. The van der Waals surface area contributed by atoms with Gasteiger partial charge in [-0.2, -0.15) is 5.10 Å². The van der Waals surface area contributed by atoms with Crippen LogP contribution in [0.3, 0.4) is 0 Å². The molecule has 8 nitrogen and oxygen atoms in total. The number of carbonyl (C=O) groups excluding carboxylic acids is 1. The fourth-order valence-corrected chi connectivity index (χ4v) is 2.61. The summed E-state index contributed by atoms with van der Waals surface area (Å²) >= 11 is 0. The zero-order chi connectivity index (χ0) is 19.6. The Balaban J connectivity index is 2.12. The third kappa shape index (κ3) is 4.12. The molecule has 0 spiro atoms. The van der Waals surface area contributed by atoms with Crippen LogP contribution in [0, 0.1) is 6.92 Å². The van der Waals surface area contributed by atoms with E-state index in [0.717, 1.165) is 11.3 Å². The highest BCUT2D eigenvalue weighted by Gasteiger charge is 2.19. The first-order chi connectivity index (χ1) is 12.8. The van der Waals surface area contributed by atoms with E-state index in [1.165, 1.54) is 0 Å². The van der Waals surface area contributed by atoms with Crippen LogP contribution >= 0.6 is 0 Å². The lowest BCUT2D eigenvalue weighted by atomic mass is 10.0. The van der Waals surface area contributed by atoms with E-state index in [1.807, 2.05) is 19.1 Å². The normalized spacial score (nSPS) is 12.0. The molecule has 0 saturated heterocycles.